The van der Waals surface area contributed by atoms with E-state index in [-0.39, 0.29) is 16.5 Å². The Morgan fingerprint density at radius 2 is 1.92 bits per heavy atom. The average Bonchev–Trinajstić information content (AvgIpc) is 3.07. The third kappa shape index (κ3) is 3.85. The van der Waals surface area contributed by atoms with Crippen LogP contribution in [0.15, 0.2) is 35.2 Å². The van der Waals surface area contributed by atoms with Crippen molar-refractivity contribution in [2.45, 2.75) is 31.2 Å². The van der Waals surface area contributed by atoms with Crippen LogP contribution in [0.5, 0.6) is 0 Å². The van der Waals surface area contributed by atoms with Crippen molar-refractivity contribution in [3.8, 4) is 0 Å². The van der Waals surface area contributed by atoms with Crippen molar-refractivity contribution in [3.05, 3.63) is 46.7 Å². The summed E-state index contributed by atoms with van der Waals surface area (Å²) in [5.74, 6) is 0.666. The molecule has 1 N–H and O–H groups in total. The second kappa shape index (κ2) is 7.04. The molecule has 0 aliphatic carbocycles. The van der Waals surface area contributed by atoms with E-state index in [1.807, 2.05) is 6.92 Å². The van der Waals surface area contributed by atoms with E-state index in [0.29, 0.717) is 11.6 Å². The molecule has 0 bridgehead atoms. The standard InChI is InChI=1S/C16H19ClN4O2S/c1-12-10-13(20-16(19-12)21-8-4-5-9-21)11-18-24(22,23)15-7-3-2-6-14(15)17/h2-3,6-7,10,18H,4-5,8-9,11H2,1H3. The molecule has 1 aromatic heterocycles. The van der Waals surface area contributed by atoms with Gasteiger partial charge < -0.3 is 4.90 Å². The monoisotopic (exact) mass is 366 g/mol. The summed E-state index contributed by atoms with van der Waals surface area (Å²) in [7, 11) is -3.69. The number of sulfonamides is 1. The summed E-state index contributed by atoms with van der Waals surface area (Å²) in [6, 6.07) is 8.15. The van der Waals surface area contributed by atoms with Crippen molar-refractivity contribution in [2.75, 3.05) is 18.0 Å². The number of halogens is 1. The predicted molar refractivity (Wildman–Crippen MR) is 93.7 cm³/mol. The lowest BCUT2D eigenvalue weighted by atomic mass is 10.3. The second-order valence-corrected chi connectivity index (χ2v) is 7.89. The molecule has 2 heterocycles. The van der Waals surface area contributed by atoms with Gasteiger partial charge in [0.2, 0.25) is 16.0 Å². The first kappa shape index (κ1) is 17.1. The number of nitrogens with one attached hydrogen (secondary N) is 1. The van der Waals surface area contributed by atoms with Crippen LogP contribution in [0.1, 0.15) is 24.2 Å². The molecule has 0 spiro atoms. The molecule has 0 atom stereocenters. The third-order valence-corrected chi connectivity index (χ3v) is 5.75. The summed E-state index contributed by atoms with van der Waals surface area (Å²) in [6.07, 6.45) is 2.26. The van der Waals surface area contributed by atoms with E-state index in [2.05, 4.69) is 19.6 Å². The predicted octanol–water partition coefficient (Wildman–Crippen LogP) is 2.52. The molecule has 1 saturated heterocycles. The van der Waals surface area contributed by atoms with Gasteiger partial charge in [-0.05, 0) is 38.0 Å². The zero-order valence-corrected chi connectivity index (χ0v) is 14.9. The largest absolute Gasteiger partial charge is 0.341 e. The number of hydrogen-bond donors (Lipinski definition) is 1. The molecule has 128 valence electrons. The highest BCUT2D eigenvalue weighted by atomic mass is 35.5. The smallest absolute Gasteiger partial charge is 0.242 e. The fraction of sp³-hybridized carbons (Fsp3) is 0.375. The van der Waals surface area contributed by atoms with Crippen molar-refractivity contribution in [2.24, 2.45) is 0 Å². The fourth-order valence-electron chi connectivity index (χ4n) is 2.68. The molecule has 1 aliphatic heterocycles. The molecule has 1 fully saturated rings. The van der Waals surface area contributed by atoms with Crippen LogP contribution in [0.4, 0.5) is 5.95 Å². The van der Waals surface area contributed by atoms with Gasteiger partial charge in [0.15, 0.2) is 0 Å². The van der Waals surface area contributed by atoms with Crippen molar-refractivity contribution >= 4 is 27.6 Å². The summed E-state index contributed by atoms with van der Waals surface area (Å²) < 4.78 is 27.4. The summed E-state index contributed by atoms with van der Waals surface area (Å²) in [5.41, 5.74) is 1.46. The van der Waals surface area contributed by atoms with E-state index in [1.165, 1.54) is 6.07 Å². The van der Waals surface area contributed by atoms with Crippen molar-refractivity contribution in [3.63, 3.8) is 0 Å². The number of rotatable bonds is 5. The summed E-state index contributed by atoms with van der Waals surface area (Å²) in [4.78, 5) is 11.1. The van der Waals surface area contributed by atoms with Gasteiger partial charge in [0.05, 0.1) is 17.3 Å². The minimum absolute atomic E-state index is 0.0669. The fourth-order valence-corrected chi connectivity index (χ4v) is 4.19. The number of anilines is 1. The molecule has 1 aromatic carbocycles. The Morgan fingerprint density at radius 1 is 1.21 bits per heavy atom. The molecular formula is C16H19ClN4O2S. The topological polar surface area (TPSA) is 75.2 Å². The lowest BCUT2D eigenvalue weighted by Gasteiger charge is -2.16. The summed E-state index contributed by atoms with van der Waals surface area (Å²) in [5, 5.41) is 0.196. The maximum absolute atomic E-state index is 12.4. The van der Waals surface area contributed by atoms with Gasteiger partial charge in [0.25, 0.3) is 0 Å². The van der Waals surface area contributed by atoms with Gasteiger partial charge in [-0.15, -0.1) is 0 Å². The maximum Gasteiger partial charge on any atom is 0.242 e. The Balaban J connectivity index is 1.78. The highest BCUT2D eigenvalue weighted by Gasteiger charge is 2.19. The highest BCUT2D eigenvalue weighted by Crippen LogP contribution is 2.21. The number of nitrogens with zero attached hydrogens (tertiary/aromatic N) is 3. The number of hydrogen-bond acceptors (Lipinski definition) is 5. The van der Waals surface area contributed by atoms with Gasteiger partial charge in [-0.1, -0.05) is 23.7 Å². The van der Waals surface area contributed by atoms with Gasteiger partial charge in [-0.25, -0.2) is 23.1 Å². The van der Waals surface area contributed by atoms with E-state index in [1.54, 1.807) is 24.3 Å². The lowest BCUT2D eigenvalue weighted by molar-refractivity contribution is 0.580. The van der Waals surface area contributed by atoms with Crippen LogP contribution in [0, 0.1) is 6.92 Å². The molecule has 0 radical (unpaired) electrons. The quantitative estimate of drug-likeness (QED) is 0.880. The Morgan fingerprint density at radius 3 is 2.62 bits per heavy atom. The number of benzene rings is 1. The van der Waals surface area contributed by atoms with Gasteiger partial charge >= 0.3 is 0 Å². The van der Waals surface area contributed by atoms with Crippen LogP contribution >= 0.6 is 11.6 Å². The maximum atomic E-state index is 12.4. The second-order valence-electron chi connectivity index (χ2n) is 5.75. The first-order valence-corrected chi connectivity index (χ1v) is 9.65. The first-order chi connectivity index (χ1) is 11.5. The molecule has 0 unspecified atom stereocenters. The third-order valence-electron chi connectivity index (χ3n) is 3.85. The molecule has 0 saturated carbocycles. The van der Waals surface area contributed by atoms with Crippen LogP contribution in [0.3, 0.4) is 0 Å². The zero-order chi connectivity index (χ0) is 17.2. The lowest BCUT2D eigenvalue weighted by Crippen LogP contribution is -2.26. The molecule has 0 amide bonds. The first-order valence-electron chi connectivity index (χ1n) is 7.79. The van der Waals surface area contributed by atoms with E-state index in [4.69, 9.17) is 11.6 Å². The van der Waals surface area contributed by atoms with Crippen LogP contribution in [-0.2, 0) is 16.6 Å². The van der Waals surface area contributed by atoms with E-state index in [0.717, 1.165) is 31.6 Å². The number of aromatic nitrogens is 2. The Labute approximate surface area is 146 Å². The van der Waals surface area contributed by atoms with Crippen molar-refractivity contribution < 1.29 is 8.42 Å². The molecular weight excluding hydrogens is 348 g/mol. The van der Waals surface area contributed by atoms with Gasteiger partial charge in [0, 0.05) is 18.8 Å². The van der Waals surface area contributed by atoms with Gasteiger partial charge in [-0.2, -0.15) is 0 Å². The Hall–Kier alpha value is -1.70. The van der Waals surface area contributed by atoms with Gasteiger partial charge in [0.1, 0.15) is 4.90 Å². The van der Waals surface area contributed by atoms with E-state index < -0.39 is 10.0 Å². The molecule has 3 rings (SSSR count). The van der Waals surface area contributed by atoms with Crippen molar-refractivity contribution in [1.29, 1.82) is 0 Å². The highest BCUT2D eigenvalue weighted by molar-refractivity contribution is 7.89. The molecule has 6 nitrogen and oxygen atoms in total. The SMILES string of the molecule is Cc1cc(CNS(=O)(=O)c2ccccc2Cl)nc(N2CCCC2)n1. The zero-order valence-electron chi connectivity index (χ0n) is 13.4. The summed E-state index contributed by atoms with van der Waals surface area (Å²) >= 11 is 5.98. The molecule has 24 heavy (non-hydrogen) atoms. The van der Waals surface area contributed by atoms with Crippen LogP contribution in [0.25, 0.3) is 0 Å². The molecule has 1 aliphatic rings. The minimum Gasteiger partial charge on any atom is -0.341 e. The Bertz CT molecular complexity index is 836. The van der Waals surface area contributed by atoms with E-state index in [9.17, 15) is 8.42 Å². The minimum atomic E-state index is -3.69. The normalized spacial score (nSPS) is 15.0. The Kier molecular flexibility index (Phi) is 5.03. The van der Waals surface area contributed by atoms with E-state index >= 15 is 0 Å². The molecule has 8 heteroatoms. The van der Waals surface area contributed by atoms with Crippen molar-refractivity contribution in [1.82, 2.24) is 14.7 Å². The van der Waals surface area contributed by atoms with Gasteiger partial charge in [-0.3, -0.25) is 0 Å². The van der Waals surface area contributed by atoms with Crippen LogP contribution < -0.4 is 9.62 Å². The summed E-state index contributed by atoms with van der Waals surface area (Å²) in [6.45, 7) is 3.85. The van der Waals surface area contributed by atoms with Crippen LogP contribution in [0.2, 0.25) is 5.02 Å². The average molecular weight is 367 g/mol. The van der Waals surface area contributed by atoms with Crippen LogP contribution in [-0.4, -0.2) is 31.5 Å². The molecule has 2 aromatic rings. The number of aryl methyl sites for hydroxylation is 1.